The van der Waals surface area contributed by atoms with E-state index >= 15 is 0 Å². The number of carbonyl (C=O) groups is 1. The number of urea groups is 1. The SMILES string of the molecule is CCNC(=O)N(C)C1(c2nnnn2-c2ccc(C)c(Cl)c2)CCC(C)CC1. The molecule has 1 saturated carbocycles. The molecule has 1 heterocycles. The van der Waals surface area contributed by atoms with Crippen LogP contribution in [0.25, 0.3) is 5.69 Å². The van der Waals surface area contributed by atoms with E-state index in [1.165, 1.54) is 0 Å². The molecule has 1 aliphatic rings. The molecule has 8 heteroatoms. The quantitative estimate of drug-likeness (QED) is 0.863. The second-order valence-electron chi connectivity index (χ2n) is 7.46. The molecule has 0 bridgehead atoms. The summed E-state index contributed by atoms with van der Waals surface area (Å²) in [6.45, 7) is 6.70. The lowest BCUT2D eigenvalue weighted by molar-refractivity contribution is 0.0726. The lowest BCUT2D eigenvalue weighted by atomic mass is 9.75. The molecule has 3 rings (SSSR count). The molecule has 0 spiro atoms. The molecule has 7 nitrogen and oxygen atoms in total. The standard InChI is InChI=1S/C19H27ClN6O/c1-5-21-18(27)25(4)19(10-8-13(2)9-11-19)17-22-23-24-26(17)15-7-6-14(3)16(20)12-15/h6-7,12-13H,5,8-11H2,1-4H3,(H,21,27). The number of hydrogen-bond donors (Lipinski definition) is 1. The van der Waals surface area contributed by atoms with Gasteiger partial charge >= 0.3 is 6.03 Å². The van der Waals surface area contributed by atoms with Gasteiger partial charge in [0.1, 0.15) is 5.54 Å². The molecule has 27 heavy (non-hydrogen) atoms. The van der Waals surface area contributed by atoms with E-state index in [0.29, 0.717) is 23.3 Å². The monoisotopic (exact) mass is 390 g/mol. The number of rotatable bonds is 4. The van der Waals surface area contributed by atoms with Crippen LogP contribution in [-0.2, 0) is 5.54 Å². The van der Waals surface area contributed by atoms with E-state index in [9.17, 15) is 4.79 Å². The number of tetrazole rings is 1. The highest BCUT2D eigenvalue weighted by atomic mass is 35.5. The van der Waals surface area contributed by atoms with Crippen LogP contribution in [0, 0.1) is 12.8 Å². The van der Waals surface area contributed by atoms with Crippen LogP contribution < -0.4 is 5.32 Å². The lowest BCUT2D eigenvalue weighted by Crippen LogP contribution is -2.53. The molecule has 2 aromatic rings. The largest absolute Gasteiger partial charge is 0.338 e. The summed E-state index contributed by atoms with van der Waals surface area (Å²) in [6.07, 6.45) is 3.68. The number of benzene rings is 1. The zero-order valence-electron chi connectivity index (χ0n) is 16.4. The maximum absolute atomic E-state index is 12.7. The Labute approximate surface area is 165 Å². The number of carbonyl (C=O) groups excluding carboxylic acids is 1. The summed E-state index contributed by atoms with van der Waals surface area (Å²) in [5.74, 6) is 1.31. The van der Waals surface area contributed by atoms with Crippen LogP contribution in [0.4, 0.5) is 4.79 Å². The highest BCUT2D eigenvalue weighted by molar-refractivity contribution is 6.31. The first-order valence-corrected chi connectivity index (χ1v) is 9.84. The average molecular weight is 391 g/mol. The van der Waals surface area contributed by atoms with Gasteiger partial charge in [-0.3, -0.25) is 0 Å². The number of aromatic nitrogens is 4. The molecule has 1 aromatic heterocycles. The molecule has 0 aliphatic heterocycles. The van der Waals surface area contributed by atoms with Gasteiger partial charge in [-0.1, -0.05) is 24.6 Å². The van der Waals surface area contributed by atoms with Gasteiger partial charge < -0.3 is 10.2 Å². The van der Waals surface area contributed by atoms with Crippen LogP contribution in [0.1, 0.15) is 50.9 Å². The minimum absolute atomic E-state index is 0.108. The minimum Gasteiger partial charge on any atom is -0.338 e. The molecular formula is C19H27ClN6O. The fourth-order valence-corrected chi connectivity index (χ4v) is 3.95. The molecule has 1 N–H and O–H groups in total. The number of aryl methyl sites for hydroxylation is 1. The number of amides is 2. The summed E-state index contributed by atoms with van der Waals surface area (Å²) >= 11 is 6.32. The fraction of sp³-hybridized carbons (Fsp3) is 0.579. The average Bonchev–Trinajstić information content (AvgIpc) is 3.15. The van der Waals surface area contributed by atoms with Gasteiger partial charge in [-0.25, -0.2) is 4.79 Å². The third kappa shape index (κ3) is 3.65. The van der Waals surface area contributed by atoms with Crippen molar-refractivity contribution in [2.75, 3.05) is 13.6 Å². The molecule has 146 valence electrons. The first-order chi connectivity index (χ1) is 12.9. The van der Waals surface area contributed by atoms with Gasteiger partial charge in [0.05, 0.1) is 5.69 Å². The lowest BCUT2D eigenvalue weighted by Gasteiger charge is -2.44. The predicted molar refractivity (Wildman–Crippen MR) is 105 cm³/mol. The molecular weight excluding hydrogens is 364 g/mol. The van der Waals surface area contributed by atoms with Crippen molar-refractivity contribution < 1.29 is 4.79 Å². The molecule has 0 saturated heterocycles. The fourth-order valence-electron chi connectivity index (χ4n) is 3.78. The first kappa shape index (κ1) is 19.6. The van der Waals surface area contributed by atoms with E-state index in [0.717, 1.165) is 36.9 Å². The van der Waals surface area contributed by atoms with Crippen LogP contribution in [0.3, 0.4) is 0 Å². The van der Waals surface area contributed by atoms with Gasteiger partial charge in [0.15, 0.2) is 5.82 Å². The van der Waals surface area contributed by atoms with E-state index in [2.05, 4.69) is 27.8 Å². The van der Waals surface area contributed by atoms with Crippen molar-refractivity contribution in [2.24, 2.45) is 5.92 Å². The van der Waals surface area contributed by atoms with E-state index in [4.69, 9.17) is 11.6 Å². The van der Waals surface area contributed by atoms with Crippen LogP contribution in [0.2, 0.25) is 5.02 Å². The molecule has 1 aromatic carbocycles. The van der Waals surface area contributed by atoms with Gasteiger partial charge in [0.25, 0.3) is 0 Å². The Morgan fingerprint density at radius 3 is 2.74 bits per heavy atom. The van der Waals surface area contributed by atoms with Crippen molar-refractivity contribution >= 4 is 17.6 Å². The Balaban J connectivity index is 2.07. The van der Waals surface area contributed by atoms with E-state index in [-0.39, 0.29) is 6.03 Å². The summed E-state index contributed by atoms with van der Waals surface area (Å²) in [5, 5.41) is 16.1. The Hall–Kier alpha value is -2.15. The third-order valence-electron chi connectivity index (χ3n) is 5.66. The van der Waals surface area contributed by atoms with E-state index < -0.39 is 5.54 Å². The van der Waals surface area contributed by atoms with Gasteiger partial charge in [-0.15, -0.1) is 5.10 Å². The second kappa shape index (κ2) is 7.84. The third-order valence-corrected chi connectivity index (χ3v) is 6.07. The number of nitrogens with zero attached hydrogens (tertiary/aromatic N) is 5. The number of nitrogens with one attached hydrogen (secondary N) is 1. The summed E-state index contributed by atoms with van der Waals surface area (Å²) in [7, 11) is 1.84. The zero-order valence-corrected chi connectivity index (χ0v) is 17.1. The highest BCUT2D eigenvalue weighted by Crippen LogP contribution is 2.43. The number of halogens is 1. The molecule has 0 radical (unpaired) electrons. The Kier molecular flexibility index (Phi) is 5.69. The predicted octanol–water partition coefficient (Wildman–Crippen LogP) is 3.69. The van der Waals surface area contributed by atoms with Crippen LogP contribution in [0.5, 0.6) is 0 Å². The van der Waals surface area contributed by atoms with Gasteiger partial charge in [-0.2, -0.15) is 4.68 Å². The smallest absolute Gasteiger partial charge is 0.317 e. The zero-order chi connectivity index (χ0) is 19.6. The Morgan fingerprint density at radius 2 is 2.11 bits per heavy atom. The summed E-state index contributed by atoms with van der Waals surface area (Å²) in [5.41, 5.74) is 1.25. The molecule has 0 unspecified atom stereocenters. The van der Waals surface area contributed by atoms with Gasteiger partial charge in [0.2, 0.25) is 0 Å². The highest BCUT2D eigenvalue weighted by Gasteiger charge is 2.46. The first-order valence-electron chi connectivity index (χ1n) is 9.46. The summed E-state index contributed by atoms with van der Waals surface area (Å²) in [4.78, 5) is 14.5. The van der Waals surface area contributed by atoms with Crippen molar-refractivity contribution in [1.82, 2.24) is 30.4 Å². The normalized spacial score (nSPS) is 22.5. The van der Waals surface area contributed by atoms with Crippen LogP contribution >= 0.6 is 11.6 Å². The van der Waals surface area contributed by atoms with Crippen molar-refractivity contribution in [3.63, 3.8) is 0 Å². The summed E-state index contributed by atoms with van der Waals surface area (Å²) in [6, 6.07) is 5.66. The van der Waals surface area contributed by atoms with Crippen molar-refractivity contribution in [1.29, 1.82) is 0 Å². The molecule has 0 atom stereocenters. The van der Waals surface area contributed by atoms with Gasteiger partial charge in [-0.05, 0) is 73.6 Å². The minimum atomic E-state index is -0.549. The topological polar surface area (TPSA) is 75.9 Å². The second-order valence-corrected chi connectivity index (χ2v) is 7.86. The van der Waals surface area contributed by atoms with Crippen LogP contribution in [0.15, 0.2) is 18.2 Å². The maximum Gasteiger partial charge on any atom is 0.317 e. The number of hydrogen-bond acceptors (Lipinski definition) is 4. The van der Waals surface area contributed by atoms with Crippen molar-refractivity contribution in [3.8, 4) is 5.69 Å². The van der Waals surface area contributed by atoms with Crippen molar-refractivity contribution in [2.45, 2.75) is 52.0 Å². The Morgan fingerprint density at radius 1 is 1.41 bits per heavy atom. The van der Waals surface area contributed by atoms with Gasteiger partial charge in [0, 0.05) is 18.6 Å². The van der Waals surface area contributed by atoms with Crippen molar-refractivity contribution in [3.05, 3.63) is 34.6 Å². The van der Waals surface area contributed by atoms with E-state index in [1.807, 2.05) is 39.1 Å². The molecule has 1 aliphatic carbocycles. The molecule has 2 amide bonds. The molecule has 1 fully saturated rings. The van der Waals surface area contributed by atoms with E-state index in [1.54, 1.807) is 9.58 Å². The maximum atomic E-state index is 12.7. The summed E-state index contributed by atoms with van der Waals surface area (Å²) < 4.78 is 1.72. The van der Waals surface area contributed by atoms with Crippen LogP contribution in [-0.4, -0.2) is 44.7 Å². The Bertz CT molecular complexity index is 812.